The fourth-order valence-electron chi connectivity index (χ4n) is 4.01. The van der Waals surface area contributed by atoms with E-state index in [-0.39, 0.29) is 13.2 Å². The topological polar surface area (TPSA) is 151 Å². The molecule has 3 N–H and O–H groups in total. The lowest BCUT2D eigenvalue weighted by molar-refractivity contribution is -0.156. The van der Waals surface area contributed by atoms with E-state index in [0.29, 0.717) is 12.8 Å². The molecule has 2 rings (SSSR count). The van der Waals surface area contributed by atoms with Crippen LogP contribution in [0.5, 0.6) is 0 Å². The zero-order valence-electron chi connectivity index (χ0n) is 22.9. The van der Waals surface area contributed by atoms with Crippen LogP contribution in [-0.2, 0) is 35.3 Å². The summed E-state index contributed by atoms with van der Waals surface area (Å²) < 4.78 is 10.5. The lowest BCUT2D eigenvalue weighted by Gasteiger charge is -2.35. The van der Waals surface area contributed by atoms with Crippen LogP contribution in [0.4, 0.5) is 4.79 Å². The first-order chi connectivity index (χ1) is 17.6. The molecule has 11 nitrogen and oxygen atoms in total. The van der Waals surface area contributed by atoms with Crippen molar-refractivity contribution in [1.82, 2.24) is 15.5 Å². The summed E-state index contributed by atoms with van der Waals surface area (Å²) in [6.07, 6.45) is -0.580. The minimum atomic E-state index is -1.40. The maximum atomic E-state index is 13.4. The number of carbonyl (C=O) groups excluding carboxylic acids is 4. The molecule has 0 spiro atoms. The first-order valence-electron chi connectivity index (χ1n) is 12.6. The van der Waals surface area contributed by atoms with E-state index in [1.54, 1.807) is 65.8 Å². The molecule has 3 amide bonds. The van der Waals surface area contributed by atoms with E-state index in [2.05, 4.69) is 10.6 Å². The largest absolute Gasteiger partial charge is 0.480 e. The molecule has 1 fully saturated rings. The van der Waals surface area contributed by atoms with Gasteiger partial charge in [-0.1, -0.05) is 51.1 Å². The van der Waals surface area contributed by atoms with Crippen LogP contribution in [-0.4, -0.2) is 70.1 Å². The predicted molar refractivity (Wildman–Crippen MR) is 138 cm³/mol. The van der Waals surface area contributed by atoms with E-state index in [1.807, 2.05) is 6.07 Å². The number of esters is 1. The molecule has 0 saturated carbocycles. The molecule has 1 heterocycles. The second-order valence-corrected chi connectivity index (χ2v) is 11.4. The zero-order valence-corrected chi connectivity index (χ0v) is 22.9. The number of carboxylic acid groups (broad SMARTS) is 1. The highest BCUT2D eigenvalue weighted by Gasteiger charge is 2.43. The second-order valence-electron chi connectivity index (χ2n) is 11.4. The molecule has 0 bridgehead atoms. The van der Waals surface area contributed by atoms with Gasteiger partial charge in [0.25, 0.3) is 0 Å². The van der Waals surface area contributed by atoms with E-state index in [9.17, 15) is 29.1 Å². The normalized spacial score (nSPS) is 17.2. The Balaban J connectivity index is 2.21. The highest BCUT2D eigenvalue weighted by atomic mass is 16.6. The van der Waals surface area contributed by atoms with Crippen LogP contribution in [0.1, 0.15) is 66.4 Å². The van der Waals surface area contributed by atoms with E-state index >= 15 is 0 Å². The molecule has 210 valence electrons. The fourth-order valence-corrected chi connectivity index (χ4v) is 4.01. The highest BCUT2D eigenvalue weighted by molar-refractivity contribution is 5.95. The van der Waals surface area contributed by atoms with Crippen molar-refractivity contribution in [2.24, 2.45) is 5.41 Å². The van der Waals surface area contributed by atoms with Crippen LogP contribution < -0.4 is 10.6 Å². The molecule has 1 saturated heterocycles. The SMILES string of the molecule is CC(C)(C)OC(=O)C[C@H](NC(=O)OCc1ccccc1)C(=O)NC(C(=O)N1CCC[C@@H]1C(=O)O)C(C)(C)C. The highest BCUT2D eigenvalue weighted by Crippen LogP contribution is 2.26. The van der Waals surface area contributed by atoms with Gasteiger partial charge in [-0.3, -0.25) is 14.4 Å². The Labute approximate surface area is 223 Å². The van der Waals surface area contributed by atoms with Crippen LogP contribution in [0.25, 0.3) is 0 Å². The number of hydrogen-bond donors (Lipinski definition) is 3. The van der Waals surface area contributed by atoms with Gasteiger partial charge >= 0.3 is 18.0 Å². The molecule has 38 heavy (non-hydrogen) atoms. The monoisotopic (exact) mass is 533 g/mol. The Morgan fingerprint density at radius 2 is 1.66 bits per heavy atom. The third kappa shape index (κ3) is 9.35. The third-order valence-electron chi connectivity index (χ3n) is 5.83. The van der Waals surface area contributed by atoms with Gasteiger partial charge < -0.3 is 30.1 Å². The van der Waals surface area contributed by atoms with E-state index < -0.39 is 65.4 Å². The van der Waals surface area contributed by atoms with Crippen molar-refractivity contribution in [1.29, 1.82) is 0 Å². The van der Waals surface area contributed by atoms with Gasteiger partial charge in [-0.05, 0) is 44.6 Å². The first-order valence-corrected chi connectivity index (χ1v) is 12.6. The lowest BCUT2D eigenvalue weighted by Crippen LogP contribution is -2.60. The van der Waals surface area contributed by atoms with Gasteiger partial charge in [-0.25, -0.2) is 9.59 Å². The molecule has 0 aliphatic carbocycles. The number of carbonyl (C=O) groups is 5. The van der Waals surface area contributed by atoms with Gasteiger partial charge in [0.15, 0.2) is 0 Å². The standard InChI is InChI=1S/C27H39N3O8/c1-26(2,3)21(23(33)30-14-10-13-19(30)24(34)35)29-22(32)18(15-20(31)38-27(4,5)6)28-25(36)37-16-17-11-8-7-9-12-17/h7-9,11-12,18-19,21H,10,13-16H2,1-6H3,(H,28,36)(H,29,32)(H,34,35)/t18-,19+,21?/m0/s1. The molecule has 3 atom stereocenters. The van der Waals surface area contributed by atoms with Crippen molar-refractivity contribution in [2.45, 2.75) is 91.1 Å². The van der Waals surface area contributed by atoms with Gasteiger partial charge in [0.2, 0.25) is 11.8 Å². The smallest absolute Gasteiger partial charge is 0.408 e. The number of ether oxygens (including phenoxy) is 2. The number of alkyl carbamates (subject to hydrolysis) is 1. The van der Waals surface area contributed by atoms with Crippen LogP contribution in [0.15, 0.2) is 30.3 Å². The maximum absolute atomic E-state index is 13.4. The van der Waals surface area contributed by atoms with Crippen LogP contribution in [0.3, 0.4) is 0 Å². The number of likely N-dealkylation sites (tertiary alicyclic amines) is 1. The van der Waals surface area contributed by atoms with E-state index in [4.69, 9.17) is 9.47 Å². The van der Waals surface area contributed by atoms with Gasteiger partial charge in [0.1, 0.15) is 30.3 Å². The summed E-state index contributed by atoms with van der Waals surface area (Å²) in [5, 5.41) is 14.6. The minimum absolute atomic E-state index is 0.0535. The Morgan fingerprint density at radius 3 is 2.21 bits per heavy atom. The van der Waals surface area contributed by atoms with Crippen molar-refractivity contribution < 1.29 is 38.6 Å². The lowest BCUT2D eigenvalue weighted by atomic mass is 9.85. The Morgan fingerprint density at radius 1 is 1.03 bits per heavy atom. The zero-order chi connectivity index (χ0) is 28.7. The Hall–Kier alpha value is -3.63. The number of carboxylic acids is 1. The summed E-state index contributed by atoms with van der Waals surface area (Å²) in [6.45, 7) is 10.4. The molecule has 1 aliphatic rings. The van der Waals surface area contributed by atoms with Crippen LogP contribution in [0, 0.1) is 5.41 Å². The van der Waals surface area contributed by atoms with Gasteiger partial charge in [-0.2, -0.15) is 0 Å². The number of hydrogen-bond acceptors (Lipinski definition) is 7. The Bertz CT molecular complexity index is 1010. The maximum Gasteiger partial charge on any atom is 0.408 e. The molecule has 11 heteroatoms. The van der Waals surface area contributed by atoms with Crippen molar-refractivity contribution in [3.8, 4) is 0 Å². The number of amides is 3. The minimum Gasteiger partial charge on any atom is -0.480 e. The number of nitrogens with one attached hydrogen (secondary N) is 2. The summed E-state index contributed by atoms with van der Waals surface area (Å²) in [7, 11) is 0. The summed E-state index contributed by atoms with van der Waals surface area (Å²) in [6, 6.07) is 5.42. The number of rotatable bonds is 9. The average Bonchev–Trinajstić information content (AvgIpc) is 3.29. The second kappa shape index (κ2) is 12.7. The van der Waals surface area contributed by atoms with Gasteiger partial charge in [-0.15, -0.1) is 0 Å². The molecule has 0 aromatic heterocycles. The van der Waals surface area contributed by atoms with Crippen LogP contribution in [0.2, 0.25) is 0 Å². The predicted octanol–water partition coefficient (Wildman–Crippen LogP) is 2.62. The van der Waals surface area contributed by atoms with E-state index in [0.717, 1.165) is 5.56 Å². The molecule has 1 aromatic rings. The summed E-state index contributed by atoms with van der Waals surface area (Å²) in [5.41, 5.74) is -0.895. The molecule has 1 aromatic carbocycles. The van der Waals surface area contributed by atoms with Gasteiger partial charge in [0, 0.05) is 6.54 Å². The summed E-state index contributed by atoms with van der Waals surface area (Å²) >= 11 is 0. The molecule has 1 aliphatic heterocycles. The number of benzene rings is 1. The summed E-state index contributed by atoms with van der Waals surface area (Å²) in [4.78, 5) is 64.7. The molecule has 0 radical (unpaired) electrons. The molecular weight excluding hydrogens is 494 g/mol. The number of nitrogens with zero attached hydrogens (tertiary/aromatic N) is 1. The fraction of sp³-hybridized carbons (Fsp3) is 0.593. The average molecular weight is 534 g/mol. The number of aliphatic carboxylic acids is 1. The first kappa shape index (κ1) is 30.6. The van der Waals surface area contributed by atoms with Crippen molar-refractivity contribution >= 4 is 29.8 Å². The van der Waals surface area contributed by atoms with Gasteiger partial charge in [0.05, 0.1) is 6.42 Å². The molecular formula is C27H39N3O8. The summed E-state index contributed by atoms with van der Waals surface area (Å²) in [5.74, 6) is -3.18. The van der Waals surface area contributed by atoms with Crippen LogP contribution >= 0.6 is 0 Å². The van der Waals surface area contributed by atoms with Crippen molar-refractivity contribution in [3.63, 3.8) is 0 Å². The Kier molecular flexibility index (Phi) is 10.3. The van der Waals surface area contributed by atoms with Crippen molar-refractivity contribution in [3.05, 3.63) is 35.9 Å². The third-order valence-corrected chi connectivity index (χ3v) is 5.83. The molecule has 1 unspecified atom stereocenters. The van der Waals surface area contributed by atoms with Crippen molar-refractivity contribution in [2.75, 3.05) is 6.54 Å². The van der Waals surface area contributed by atoms with E-state index in [1.165, 1.54) is 4.90 Å². The quantitative estimate of drug-likeness (QED) is 0.410.